The van der Waals surface area contributed by atoms with Crippen molar-refractivity contribution in [1.29, 1.82) is 0 Å². The zero-order valence-corrected chi connectivity index (χ0v) is 18.2. The van der Waals surface area contributed by atoms with Gasteiger partial charge in [-0.25, -0.2) is 14.0 Å². The normalized spacial score (nSPS) is 12.9. The maximum Gasteiger partial charge on any atom is 0.408 e. The van der Waals surface area contributed by atoms with Gasteiger partial charge in [0.2, 0.25) is 11.8 Å². The Labute approximate surface area is 180 Å². The molecule has 1 aromatic carbocycles. The van der Waals surface area contributed by atoms with Crippen molar-refractivity contribution in [2.45, 2.75) is 64.6 Å². The summed E-state index contributed by atoms with van der Waals surface area (Å²) in [4.78, 5) is 48.4. The molecule has 0 aliphatic rings. The molecule has 1 aromatic rings. The van der Waals surface area contributed by atoms with E-state index in [1.165, 1.54) is 24.3 Å². The van der Waals surface area contributed by atoms with E-state index in [4.69, 9.17) is 15.2 Å². The van der Waals surface area contributed by atoms with Crippen LogP contribution in [-0.4, -0.2) is 48.2 Å². The fraction of sp³-hybridized carbons (Fsp3) is 0.524. The van der Waals surface area contributed by atoms with Crippen LogP contribution in [0.2, 0.25) is 0 Å². The second kappa shape index (κ2) is 11.9. The van der Waals surface area contributed by atoms with Gasteiger partial charge in [0.25, 0.3) is 0 Å². The van der Waals surface area contributed by atoms with Crippen molar-refractivity contribution in [1.82, 2.24) is 10.6 Å². The van der Waals surface area contributed by atoms with Crippen LogP contribution in [0.15, 0.2) is 24.3 Å². The van der Waals surface area contributed by atoms with E-state index < -0.39 is 47.4 Å². The third-order valence-electron chi connectivity index (χ3n) is 3.93. The Morgan fingerprint density at radius 3 is 2.19 bits per heavy atom. The van der Waals surface area contributed by atoms with Gasteiger partial charge in [-0.05, 0) is 51.8 Å². The van der Waals surface area contributed by atoms with Crippen molar-refractivity contribution in [2.24, 2.45) is 5.73 Å². The van der Waals surface area contributed by atoms with Crippen LogP contribution in [0.3, 0.4) is 0 Å². The van der Waals surface area contributed by atoms with Crippen LogP contribution in [-0.2, 0) is 30.3 Å². The SMILES string of the molecule is CCOC(=O)[C@H](Cc1ccc(F)cc1)NC(=O)C(CCC(N)=O)NC(=O)OC(C)(C)C. The van der Waals surface area contributed by atoms with E-state index in [0.717, 1.165) is 0 Å². The van der Waals surface area contributed by atoms with Gasteiger partial charge in [0.1, 0.15) is 23.5 Å². The van der Waals surface area contributed by atoms with Gasteiger partial charge >= 0.3 is 12.1 Å². The second-order valence-corrected chi connectivity index (χ2v) is 7.85. The number of carbonyl (C=O) groups excluding carboxylic acids is 4. The topological polar surface area (TPSA) is 137 Å². The number of nitrogens with two attached hydrogens (primary N) is 1. The quantitative estimate of drug-likeness (QED) is 0.474. The molecular weight excluding hydrogens is 409 g/mol. The average Bonchev–Trinajstić information content (AvgIpc) is 2.64. The lowest BCUT2D eigenvalue weighted by molar-refractivity contribution is -0.147. The summed E-state index contributed by atoms with van der Waals surface area (Å²) in [5.74, 6) is -2.50. The van der Waals surface area contributed by atoms with E-state index >= 15 is 0 Å². The standard InChI is InChI=1S/C21H30FN3O6/c1-5-30-19(28)16(12-13-6-8-14(22)9-7-13)24-18(27)15(10-11-17(23)26)25-20(29)31-21(2,3)4/h6-9,15-16H,5,10-12H2,1-4H3,(H2,23,26)(H,24,27)(H,25,29)/t15?,16-/m0/s1. The highest BCUT2D eigenvalue weighted by atomic mass is 19.1. The van der Waals surface area contributed by atoms with Crippen molar-refractivity contribution >= 4 is 23.9 Å². The Kier molecular flexibility index (Phi) is 9.91. The van der Waals surface area contributed by atoms with Gasteiger partial charge in [0, 0.05) is 12.8 Å². The molecule has 0 spiro atoms. The lowest BCUT2D eigenvalue weighted by Gasteiger charge is -2.25. The first-order valence-corrected chi connectivity index (χ1v) is 9.90. The molecular formula is C21H30FN3O6. The molecule has 0 heterocycles. The number of benzene rings is 1. The number of hydrogen-bond donors (Lipinski definition) is 3. The molecule has 10 heteroatoms. The molecule has 9 nitrogen and oxygen atoms in total. The lowest BCUT2D eigenvalue weighted by Crippen LogP contribution is -2.53. The summed E-state index contributed by atoms with van der Waals surface area (Å²) in [6.07, 6.45) is -1.08. The Morgan fingerprint density at radius 1 is 1.06 bits per heavy atom. The lowest BCUT2D eigenvalue weighted by atomic mass is 10.0. The Balaban J connectivity index is 2.97. The fourth-order valence-electron chi connectivity index (χ4n) is 2.57. The number of primary amides is 1. The van der Waals surface area contributed by atoms with Crippen molar-refractivity contribution < 1.29 is 33.0 Å². The summed E-state index contributed by atoms with van der Waals surface area (Å²) in [5.41, 5.74) is 4.95. The van der Waals surface area contributed by atoms with Crippen LogP contribution in [0.4, 0.5) is 9.18 Å². The maximum absolute atomic E-state index is 13.2. The summed E-state index contributed by atoms with van der Waals surface area (Å²) in [5, 5.41) is 4.92. The molecule has 0 bridgehead atoms. The smallest absolute Gasteiger partial charge is 0.408 e. The minimum absolute atomic E-state index is 0.0415. The zero-order valence-electron chi connectivity index (χ0n) is 18.2. The predicted octanol–water partition coefficient (Wildman–Crippen LogP) is 1.57. The van der Waals surface area contributed by atoms with E-state index in [1.54, 1.807) is 27.7 Å². The molecule has 172 valence electrons. The Morgan fingerprint density at radius 2 is 1.68 bits per heavy atom. The number of rotatable bonds is 10. The highest BCUT2D eigenvalue weighted by Crippen LogP contribution is 2.10. The molecule has 1 unspecified atom stereocenters. The van der Waals surface area contributed by atoms with Gasteiger partial charge in [-0.15, -0.1) is 0 Å². The fourth-order valence-corrected chi connectivity index (χ4v) is 2.57. The molecule has 0 aliphatic heterocycles. The Bertz CT molecular complexity index is 776. The van der Waals surface area contributed by atoms with Crippen molar-refractivity contribution in [3.8, 4) is 0 Å². The number of hydrogen-bond acceptors (Lipinski definition) is 6. The van der Waals surface area contributed by atoms with Gasteiger partial charge in [0.05, 0.1) is 6.61 Å². The molecule has 4 N–H and O–H groups in total. The minimum Gasteiger partial charge on any atom is -0.464 e. The molecule has 0 fully saturated rings. The molecule has 1 rings (SSSR count). The van der Waals surface area contributed by atoms with Gasteiger partial charge in [-0.3, -0.25) is 9.59 Å². The van der Waals surface area contributed by atoms with Crippen molar-refractivity contribution in [3.63, 3.8) is 0 Å². The van der Waals surface area contributed by atoms with E-state index in [0.29, 0.717) is 5.56 Å². The largest absolute Gasteiger partial charge is 0.464 e. The molecule has 0 saturated heterocycles. The number of halogens is 1. The molecule has 3 amide bonds. The molecule has 0 saturated carbocycles. The highest BCUT2D eigenvalue weighted by Gasteiger charge is 2.29. The number of nitrogens with one attached hydrogen (secondary N) is 2. The Hall–Kier alpha value is -3.17. The molecule has 31 heavy (non-hydrogen) atoms. The molecule has 0 radical (unpaired) electrons. The van der Waals surface area contributed by atoms with Crippen LogP contribution in [0, 0.1) is 5.82 Å². The molecule has 0 aromatic heterocycles. The molecule has 2 atom stereocenters. The van der Waals surface area contributed by atoms with Crippen molar-refractivity contribution in [2.75, 3.05) is 6.61 Å². The summed E-state index contributed by atoms with van der Waals surface area (Å²) in [6, 6.07) is 3.18. The van der Waals surface area contributed by atoms with Crippen LogP contribution < -0.4 is 16.4 Å². The van der Waals surface area contributed by atoms with Crippen LogP contribution in [0.5, 0.6) is 0 Å². The van der Waals surface area contributed by atoms with Crippen LogP contribution in [0.1, 0.15) is 46.1 Å². The van der Waals surface area contributed by atoms with E-state index in [-0.39, 0.29) is 25.9 Å². The van der Waals surface area contributed by atoms with E-state index in [2.05, 4.69) is 10.6 Å². The summed E-state index contributed by atoms with van der Waals surface area (Å²) >= 11 is 0. The summed E-state index contributed by atoms with van der Waals surface area (Å²) in [7, 11) is 0. The maximum atomic E-state index is 13.2. The first kappa shape index (κ1) is 25.9. The average molecular weight is 439 g/mol. The van der Waals surface area contributed by atoms with Gasteiger partial charge in [-0.2, -0.15) is 0 Å². The number of amides is 3. The molecule has 0 aliphatic carbocycles. The van der Waals surface area contributed by atoms with Gasteiger partial charge < -0.3 is 25.8 Å². The number of ether oxygens (including phenoxy) is 2. The summed E-state index contributed by atoms with van der Waals surface area (Å²) < 4.78 is 23.3. The van der Waals surface area contributed by atoms with E-state index in [1.807, 2.05) is 0 Å². The number of carbonyl (C=O) groups is 4. The van der Waals surface area contributed by atoms with Gasteiger partial charge in [0.15, 0.2) is 0 Å². The highest BCUT2D eigenvalue weighted by molar-refractivity contribution is 5.90. The van der Waals surface area contributed by atoms with E-state index in [9.17, 15) is 23.6 Å². The third kappa shape index (κ3) is 10.4. The van der Waals surface area contributed by atoms with Crippen molar-refractivity contribution in [3.05, 3.63) is 35.6 Å². The first-order valence-electron chi connectivity index (χ1n) is 9.90. The summed E-state index contributed by atoms with van der Waals surface area (Å²) in [6.45, 7) is 6.68. The predicted molar refractivity (Wildman–Crippen MR) is 110 cm³/mol. The third-order valence-corrected chi connectivity index (χ3v) is 3.93. The zero-order chi connectivity index (χ0) is 23.6. The van der Waals surface area contributed by atoms with Crippen LogP contribution in [0.25, 0.3) is 0 Å². The number of esters is 1. The second-order valence-electron chi connectivity index (χ2n) is 7.85. The van der Waals surface area contributed by atoms with Gasteiger partial charge in [-0.1, -0.05) is 12.1 Å². The first-order chi connectivity index (χ1) is 14.4. The van der Waals surface area contributed by atoms with Crippen LogP contribution >= 0.6 is 0 Å². The monoisotopic (exact) mass is 439 g/mol. The minimum atomic E-state index is -1.17. The number of alkyl carbamates (subject to hydrolysis) is 1.